The summed E-state index contributed by atoms with van der Waals surface area (Å²) >= 11 is 0. The molecule has 1 aliphatic rings. The summed E-state index contributed by atoms with van der Waals surface area (Å²) in [5.74, 6) is 0.632. The van der Waals surface area contributed by atoms with E-state index >= 15 is 0 Å². The molecule has 1 saturated carbocycles. The summed E-state index contributed by atoms with van der Waals surface area (Å²) in [6.07, 6.45) is 6.95. The number of pyridine rings is 1. The Morgan fingerprint density at radius 1 is 1.31 bits per heavy atom. The first-order valence-electron chi connectivity index (χ1n) is 5.89. The first-order valence-corrected chi connectivity index (χ1v) is 5.89. The SMILES string of the molecule is Cc1ccc(OC2CCCCC2)c(C=O)n1. The van der Waals surface area contributed by atoms with Crippen molar-refractivity contribution in [3.63, 3.8) is 0 Å². The molecule has 0 bridgehead atoms. The van der Waals surface area contributed by atoms with Crippen molar-refractivity contribution >= 4 is 6.29 Å². The van der Waals surface area contributed by atoms with Crippen LogP contribution in [0.3, 0.4) is 0 Å². The van der Waals surface area contributed by atoms with Gasteiger partial charge < -0.3 is 4.74 Å². The third kappa shape index (κ3) is 2.60. The first kappa shape index (κ1) is 11.1. The molecule has 0 spiro atoms. The smallest absolute Gasteiger partial charge is 0.172 e. The fourth-order valence-corrected chi connectivity index (χ4v) is 2.11. The standard InChI is InChI=1S/C13H17NO2/c1-10-7-8-13(12(9-15)14-10)16-11-5-3-2-4-6-11/h7-9,11H,2-6H2,1H3. The monoisotopic (exact) mass is 219 g/mol. The van der Waals surface area contributed by atoms with Gasteiger partial charge in [-0.25, -0.2) is 4.98 Å². The molecule has 1 aromatic heterocycles. The highest BCUT2D eigenvalue weighted by atomic mass is 16.5. The molecule has 1 aromatic rings. The van der Waals surface area contributed by atoms with Gasteiger partial charge in [0.15, 0.2) is 6.29 Å². The van der Waals surface area contributed by atoms with Crippen molar-refractivity contribution in [3.05, 3.63) is 23.5 Å². The van der Waals surface area contributed by atoms with Crippen LogP contribution in [0.1, 0.15) is 48.3 Å². The Balaban J connectivity index is 2.10. The van der Waals surface area contributed by atoms with E-state index in [1.54, 1.807) is 0 Å². The van der Waals surface area contributed by atoms with Crippen LogP contribution in [-0.2, 0) is 0 Å². The molecule has 2 rings (SSSR count). The van der Waals surface area contributed by atoms with E-state index in [0.717, 1.165) is 24.8 Å². The van der Waals surface area contributed by atoms with Gasteiger partial charge in [0.05, 0.1) is 6.10 Å². The number of nitrogens with zero attached hydrogens (tertiary/aromatic N) is 1. The van der Waals surface area contributed by atoms with E-state index in [9.17, 15) is 4.79 Å². The molecule has 3 heteroatoms. The lowest BCUT2D eigenvalue weighted by molar-refractivity contribution is 0.110. The van der Waals surface area contributed by atoms with Crippen molar-refractivity contribution in [2.24, 2.45) is 0 Å². The van der Waals surface area contributed by atoms with Gasteiger partial charge in [-0.05, 0) is 44.7 Å². The molecule has 0 radical (unpaired) electrons. The molecule has 0 unspecified atom stereocenters. The molecule has 0 amide bonds. The maximum Gasteiger partial charge on any atom is 0.172 e. The highest BCUT2D eigenvalue weighted by Gasteiger charge is 2.16. The minimum absolute atomic E-state index is 0.261. The van der Waals surface area contributed by atoms with Crippen LogP contribution < -0.4 is 4.74 Å². The molecule has 16 heavy (non-hydrogen) atoms. The predicted octanol–water partition coefficient (Wildman–Crippen LogP) is 2.91. The Hall–Kier alpha value is -1.38. The minimum Gasteiger partial charge on any atom is -0.488 e. The van der Waals surface area contributed by atoms with E-state index in [0.29, 0.717) is 11.4 Å². The zero-order valence-electron chi connectivity index (χ0n) is 9.61. The predicted molar refractivity (Wildman–Crippen MR) is 61.9 cm³/mol. The topological polar surface area (TPSA) is 39.2 Å². The quantitative estimate of drug-likeness (QED) is 0.734. The molecule has 1 heterocycles. The van der Waals surface area contributed by atoms with Gasteiger partial charge in [-0.2, -0.15) is 0 Å². The number of rotatable bonds is 3. The van der Waals surface area contributed by atoms with Crippen molar-refractivity contribution < 1.29 is 9.53 Å². The lowest BCUT2D eigenvalue weighted by Gasteiger charge is -2.23. The Morgan fingerprint density at radius 3 is 2.75 bits per heavy atom. The number of ether oxygens (including phenoxy) is 1. The summed E-state index contributed by atoms with van der Waals surface area (Å²) < 4.78 is 5.84. The maximum atomic E-state index is 10.9. The van der Waals surface area contributed by atoms with E-state index in [-0.39, 0.29) is 6.10 Å². The molecular formula is C13H17NO2. The van der Waals surface area contributed by atoms with Crippen LogP contribution in [0.25, 0.3) is 0 Å². The molecular weight excluding hydrogens is 202 g/mol. The van der Waals surface area contributed by atoms with Crippen LogP contribution in [0.5, 0.6) is 5.75 Å². The summed E-state index contributed by atoms with van der Waals surface area (Å²) in [4.78, 5) is 15.0. The van der Waals surface area contributed by atoms with E-state index in [4.69, 9.17) is 4.74 Å². The molecule has 86 valence electrons. The van der Waals surface area contributed by atoms with Crippen LogP contribution in [0.2, 0.25) is 0 Å². The number of aldehydes is 1. The second-order valence-electron chi connectivity index (χ2n) is 4.33. The van der Waals surface area contributed by atoms with Crippen LogP contribution >= 0.6 is 0 Å². The van der Waals surface area contributed by atoms with Gasteiger partial charge in [0.2, 0.25) is 0 Å². The van der Waals surface area contributed by atoms with Crippen LogP contribution in [0.15, 0.2) is 12.1 Å². The second kappa shape index (κ2) is 5.10. The van der Waals surface area contributed by atoms with E-state index in [1.807, 2.05) is 19.1 Å². The van der Waals surface area contributed by atoms with Gasteiger partial charge in [-0.3, -0.25) is 4.79 Å². The number of aromatic nitrogens is 1. The van der Waals surface area contributed by atoms with Crippen LogP contribution in [0, 0.1) is 6.92 Å². The van der Waals surface area contributed by atoms with E-state index in [2.05, 4.69) is 4.98 Å². The molecule has 0 atom stereocenters. The average molecular weight is 219 g/mol. The Labute approximate surface area is 95.8 Å². The summed E-state index contributed by atoms with van der Waals surface area (Å²) in [5, 5.41) is 0. The van der Waals surface area contributed by atoms with Crippen molar-refractivity contribution in [2.75, 3.05) is 0 Å². The zero-order chi connectivity index (χ0) is 11.4. The number of carbonyl (C=O) groups excluding carboxylic acids is 1. The lowest BCUT2D eigenvalue weighted by atomic mass is 9.98. The molecule has 1 aliphatic carbocycles. The van der Waals surface area contributed by atoms with Gasteiger partial charge in [-0.15, -0.1) is 0 Å². The highest BCUT2D eigenvalue weighted by molar-refractivity contribution is 5.76. The Bertz CT molecular complexity index is 370. The van der Waals surface area contributed by atoms with Gasteiger partial charge in [0.25, 0.3) is 0 Å². The molecule has 3 nitrogen and oxygen atoms in total. The van der Waals surface area contributed by atoms with Gasteiger partial charge in [0, 0.05) is 5.69 Å². The van der Waals surface area contributed by atoms with Gasteiger partial charge in [0.1, 0.15) is 11.4 Å². The summed E-state index contributed by atoms with van der Waals surface area (Å²) in [5.41, 5.74) is 1.27. The van der Waals surface area contributed by atoms with Crippen LogP contribution in [-0.4, -0.2) is 17.4 Å². The Morgan fingerprint density at radius 2 is 2.06 bits per heavy atom. The van der Waals surface area contributed by atoms with Crippen molar-refractivity contribution in [3.8, 4) is 5.75 Å². The highest BCUT2D eigenvalue weighted by Crippen LogP contribution is 2.24. The first-order chi connectivity index (χ1) is 7.79. The van der Waals surface area contributed by atoms with Crippen molar-refractivity contribution in [1.29, 1.82) is 0 Å². The molecule has 0 aliphatic heterocycles. The summed E-state index contributed by atoms with van der Waals surface area (Å²) in [6, 6.07) is 3.73. The lowest BCUT2D eigenvalue weighted by Crippen LogP contribution is -2.20. The largest absolute Gasteiger partial charge is 0.488 e. The Kier molecular flexibility index (Phi) is 3.54. The van der Waals surface area contributed by atoms with E-state index in [1.165, 1.54) is 19.3 Å². The zero-order valence-corrected chi connectivity index (χ0v) is 9.61. The van der Waals surface area contributed by atoms with Crippen molar-refractivity contribution in [2.45, 2.75) is 45.1 Å². The fourth-order valence-electron chi connectivity index (χ4n) is 2.11. The fraction of sp³-hybridized carbons (Fsp3) is 0.538. The second-order valence-corrected chi connectivity index (χ2v) is 4.33. The molecule has 0 aromatic carbocycles. The summed E-state index contributed by atoms with van der Waals surface area (Å²) in [7, 11) is 0. The molecule has 0 N–H and O–H groups in total. The van der Waals surface area contributed by atoms with E-state index < -0.39 is 0 Å². The third-order valence-electron chi connectivity index (χ3n) is 2.98. The number of hydrogen-bond donors (Lipinski definition) is 0. The number of carbonyl (C=O) groups is 1. The number of hydrogen-bond acceptors (Lipinski definition) is 3. The maximum absolute atomic E-state index is 10.9. The molecule has 0 saturated heterocycles. The average Bonchev–Trinajstić information content (AvgIpc) is 2.33. The van der Waals surface area contributed by atoms with Gasteiger partial charge in [-0.1, -0.05) is 6.42 Å². The van der Waals surface area contributed by atoms with Crippen LogP contribution in [0.4, 0.5) is 0 Å². The third-order valence-corrected chi connectivity index (χ3v) is 2.98. The molecule has 1 fully saturated rings. The summed E-state index contributed by atoms with van der Waals surface area (Å²) in [6.45, 7) is 1.87. The normalized spacial score (nSPS) is 17.1. The van der Waals surface area contributed by atoms with Gasteiger partial charge >= 0.3 is 0 Å². The van der Waals surface area contributed by atoms with Crippen molar-refractivity contribution in [1.82, 2.24) is 4.98 Å². The number of aryl methyl sites for hydroxylation is 1. The minimum atomic E-state index is 0.261.